The number of hydrogen-bond donors (Lipinski definition) is 3. The van der Waals surface area contributed by atoms with Gasteiger partial charge in [-0.1, -0.05) is 19.1 Å². The lowest BCUT2D eigenvalue weighted by Gasteiger charge is -2.21. The molecule has 1 fully saturated rings. The summed E-state index contributed by atoms with van der Waals surface area (Å²) >= 11 is 0. The molecule has 2 rings (SSSR count). The van der Waals surface area contributed by atoms with Gasteiger partial charge in [0.15, 0.2) is 19.0 Å². The predicted molar refractivity (Wildman–Crippen MR) is 118 cm³/mol. The fraction of sp³-hybridized carbons (Fsp3) is 0.609. The van der Waals surface area contributed by atoms with Crippen molar-refractivity contribution >= 4 is 13.2 Å². The van der Waals surface area contributed by atoms with Crippen LogP contribution in [-0.4, -0.2) is 52.0 Å². The summed E-state index contributed by atoms with van der Waals surface area (Å²) in [7, 11) is -3.01. The Hall–Kier alpha value is -1.60. The first-order valence-corrected chi connectivity index (χ1v) is 13.1. The number of unbranched alkanes of at least 4 members (excludes halogenated alkanes) is 1. The molecule has 9 heteroatoms. The van der Waals surface area contributed by atoms with Crippen molar-refractivity contribution in [3.8, 4) is 5.75 Å². The summed E-state index contributed by atoms with van der Waals surface area (Å²) in [5.41, 5.74) is 0. The molecule has 0 bridgehead atoms. The molecule has 0 amide bonds. The van der Waals surface area contributed by atoms with Crippen LogP contribution >= 0.6 is 7.37 Å². The van der Waals surface area contributed by atoms with Crippen molar-refractivity contribution in [3.05, 3.63) is 42.0 Å². The molecule has 1 aromatic rings. The lowest BCUT2D eigenvalue weighted by molar-refractivity contribution is -0.121. The molecule has 0 aliphatic heterocycles. The zero-order valence-electron chi connectivity index (χ0n) is 18.3. The van der Waals surface area contributed by atoms with Crippen LogP contribution in [0.25, 0.3) is 0 Å². The summed E-state index contributed by atoms with van der Waals surface area (Å²) in [4.78, 5) is 21.9. The molecule has 0 saturated heterocycles. The molecular weight excluding hydrogens is 441 g/mol. The van der Waals surface area contributed by atoms with E-state index in [0.29, 0.717) is 32.1 Å². The molecule has 0 aromatic heterocycles. The van der Waals surface area contributed by atoms with Crippen molar-refractivity contribution in [3.63, 3.8) is 0 Å². The van der Waals surface area contributed by atoms with Crippen LogP contribution in [-0.2, 0) is 9.36 Å². The maximum absolute atomic E-state index is 13.2. The number of rotatable bonds is 13. The van der Waals surface area contributed by atoms with Crippen molar-refractivity contribution in [1.82, 2.24) is 0 Å². The number of aliphatic hydroxyl groups is 2. The van der Waals surface area contributed by atoms with E-state index in [1.54, 1.807) is 6.92 Å². The minimum atomic E-state index is -3.01. The second-order valence-corrected chi connectivity index (χ2v) is 11.1. The van der Waals surface area contributed by atoms with Gasteiger partial charge in [0.2, 0.25) is 0 Å². The topological polar surface area (TPSA) is 104 Å². The van der Waals surface area contributed by atoms with Crippen molar-refractivity contribution in [2.24, 2.45) is 11.8 Å². The lowest BCUT2D eigenvalue weighted by Crippen LogP contribution is -2.24. The average Bonchev–Trinajstić information content (AvgIpc) is 3.02. The van der Waals surface area contributed by atoms with E-state index in [1.165, 1.54) is 6.07 Å². The summed E-state index contributed by atoms with van der Waals surface area (Å²) in [6.07, 6.45) is 5.24. The average molecular weight is 474 g/mol. The minimum Gasteiger partial charge on any atom is -0.491 e. The Bertz CT molecular complexity index is 831. The van der Waals surface area contributed by atoms with Crippen LogP contribution in [0.2, 0.25) is 0 Å². The zero-order valence-corrected chi connectivity index (χ0v) is 19.2. The van der Waals surface area contributed by atoms with E-state index >= 15 is 0 Å². The van der Waals surface area contributed by atoms with Gasteiger partial charge in [0, 0.05) is 30.7 Å². The third-order valence-corrected chi connectivity index (χ3v) is 7.93. The summed E-state index contributed by atoms with van der Waals surface area (Å²) < 4.78 is 43.1. The number of allylic oxidation sites excluding steroid dienone is 2. The lowest BCUT2D eigenvalue weighted by atomic mass is 9.86. The van der Waals surface area contributed by atoms with Gasteiger partial charge in [-0.2, -0.15) is 0 Å². The third-order valence-electron chi connectivity index (χ3n) is 5.93. The molecule has 1 aromatic carbocycles. The van der Waals surface area contributed by atoms with Gasteiger partial charge in [0.1, 0.15) is 18.1 Å². The fourth-order valence-electron chi connectivity index (χ4n) is 3.92. The highest BCUT2D eigenvalue weighted by molar-refractivity contribution is 7.57. The van der Waals surface area contributed by atoms with Crippen LogP contribution in [0.15, 0.2) is 30.4 Å². The van der Waals surface area contributed by atoms with E-state index in [0.717, 1.165) is 12.1 Å². The molecule has 32 heavy (non-hydrogen) atoms. The smallest absolute Gasteiger partial charge is 0.200 e. The van der Waals surface area contributed by atoms with E-state index in [4.69, 9.17) is 4.74 Å². The zero-order chi connectivity index (χ0) is 23.7. The Labute approximate surface area is 187 Å². The monoisotopic (exact) mass is 474 g/mol. The van der Waals surface area contributed by atoms with Gasteiger partial charge in [0.25, 0.3) is 0 Å². The van der Waals surface area contributed by atoms with Crippen LogP contribution < -0.4 is 4.74 Å². The van der Waals surface area contributed by atoms with Crippen LogP contribution in [0, 0.1) is 23.5 Å². The predicted octanol–water partition coefficient (Wildman–Crippen LogP) is 4.07. The Balaban J connectivity index is 1.77. The van der Waals surface area contributed by atoms with E-state index in [9.17, 15) is 33.2 Å². The van der Waals surface area contributed by atoms with Crippen molar-refractivity contribution in [2.75, 3.05) is 18.9 Å². The highest BCUT2D eigenvalue weighted by Gasteiger charge is 2.40. The summed E-state index contributed by atoms with van der Waals surface area (Å²) in [6.45, 7) is 1.58. The Kier molecular flexibility index (Phi) is 10.5. The second-order valence-electron chi connectivity index (χ2n) is 8.36. The number of carbonyl (C=O) groups is 1. The molecule has 5 atom stereocenters. The molecule has 3 N–H and O–H groups in total. The summed E-state index contributed by atoms with van der Waals surface area (Å²) in [5.74, 6) is -2.52. The quantitative estimate of drug-likeness (QED) is 0.226. The van der Waals surface area contributed by atoms with Gasteiger partial charge in [-0.25, -0.2) is 8.78 Å². The first kappa shape index (κ1) is 26.7. The summed E-state index contributed by atoms with van der Waals surface area (Å²) in [6, 6.07) is 3.13. The molecule has 1 unspecified atom stereocenters. The van der Waals surface area contributed by atoms with E-state index in [2.05, 4.69) is 0 Å². The maximum atomic E-state index is 13.2. The van der Waals surface area contributed by atoms with E-state index < -0.39 is 31.2 Å². The van der Waals surface area contributed by atoms with Gasteiger partial charge in [0.05, 0.1) is 12.2 Å². The normalized spacial score (nSPS) is 24.1. The largest absolute Gasteiger partial charge is 0.491 e. The molecule has 6 nitrogen and oxygen atoms in total. The van der Waals surface area contributed by atoms with Gasteiger partial charge >= 0.3 is 0 Å². The van der Waals surface area contributed by atoms with Gasteiger partial charge in [-0.15, -0.1) is 0 Å². The number of carbonyl (C=O) groups excluding carboxylic acids is 1. The van der Waals surface area contributed by atoms with E-state index in [-0.39, 0.29) is 48.7 Å². The number of benzene rings is 1. The Morgan fingerprint density at radius 2 is 2.03 bits per heavy atom. The van der Waals surface area contributed by atoms with Gasteiger partial charge < -0.3 is 19.8 Å². The number of aliphatic hydroxyl groups excluding tert-OH is 2. The molecule has 0 heterocycles. The first-order valence-electron chi connectivity index (χ1n) is 11.1. The number of ether oxygens (including phenoxy) is 1. The van der Waals surface area contributed by atoms with Crippen LogP contribution in [0.3, 0.4) is 0 Å². The molecule has 1 aliphatic rings. The first-order chi connectivity index (χ1) is 15.1. The maximum Gasteiger partial charge on any atom is 0.200 e. The minimum absolute atomic E-state index is 0.00878. The molecular formula is C23H33F2O6P. The SMILES string of the molecule is CCP(=O)(O)CCC/C=C\C[C@H]1C(=O)C[C@@H](O)[C@@H]1CC[C@@H](O)COc1ccc(F)c(F)c1. The van der Waals surface area contributed by atoms with Crippen LogP contribution in [0.4, 0.5) is 8.78 Å². The highest BCUT2D eigenvalue weighted by atomic mass is 31.2. The van der Waals surface area contributed by atoms with Crippen LogP contribution in [0.5, 0.6) is 5.75 Å². The molecule has 180 valence electrons. The number of halogens is 2. The summed E-state index contributed by atoms with van der Waals surface area (Å²) in [5, 5.41) is 20.4. The highest BCUT2D eigenvalue weighted by Crippen LogP contribution is 2.40. The third kappa shape index (κ3) is 8.39. The number of Topliss-reactive ketones (excluding diaryl/α,β-unsaturated/α-hetero) is 1. The Morgan fingerprint density at radius 1 is 1.28 bits per heavy atom. The van der Waals surface area contributed by atoms with Crippen molar-refractivity contribution < 1.29 is 38.0 Å². The molecule has 1 aliphatic carbocycles. The fourth-order valence-corrected chi connectivity index (χ4v) is 4.91. The number of ketones is 1. The Morgan fingerprint density at radius 3 is 2.72 bits per heavy atom. The van der Waals surface area contributed by atoms with E-state index in [1.807, 2.05) is 12.2 Å². The number of hydrogen-bond acceptors (Lipinski definition) is 5. The van der Waals surface area contributed by atoms with Crippen molar-refractivity contribution in [2.45, 2.75) is 57.7 Å². The van der Waals surface area contributed by atoms with Gasteiger partial charge in [-0.3, -0.25) is 9.36 Å². The van der Waals surface area contributed by atoms with Crippen molar-refractivity contribution in [1.29, 1.82) is 0 Å². The second kappa shape index (κ2) is 12.6. The molecule has 0 radical (unpaired) electrons. The molecule has 0 spiro atoms. The van der Waals surface area contributed by atoms with Gasteiger partial charge in [-0.05, 0) is 50.2 Å². The van der Waals surface area contributed by atoms with Crippen LogP contribution in [0.1, 0.15) is 45.4 Å². The standard InChI is InChI=1S/C23H33F2O6P/c1-2-32(29,30)12-6-4-3-5-7-18-19(23(28)14-22(18)27)10-8-16(26)15-31-17-9-11-20(24)21(25)13-17/h3,5,9,11,13,16,18-19,23,26,28H,2,4,6-8,10,12,14-15H2,1H3,(H,29,30)/b5-3-/t16-,18-,19-,23-/m1/s1. The molecule has 1 saturated carbocycles.